The van der Waals surface area contributed by atoms with E-state index in [9.17, 15) is 4.79 Å². The van der Waals surface area contributed by atoms with Crippen LogP contribution >= 0.6 is 0 Å². The second kappa shape index (κ2) is 5.10. The average Bonchev–Trinajstić information content (AvgIpc) is 3.04. The lowest BCUT2D eigenvalue weighted by Gasteiger charge is -2.17. The Morgan fingerprint density at radius 3 is 2.89 bits per heavy atom. The first-order valence-electron chi connectivity index (χ1n) is 6.86. The van der Waals surface area contributed by atoms with Gasteiger partial charge in [-0.05, 0) is 38.3 Å². The highest BCUT2D eigenvalue weighted by atomic mass is 16.1. The molecule has 3 heterocycles. The third-order valence-corrected chi connectivity index (χ3v) is 3.92. The van der Waals surface area contributed by atoms with Crippen molar-refractivity contribution in [2.45, 2.75) is 25.8 Å². The topological polar surface area (TPSA) is 50.2 Å². The van der Waals surface area contributed by atoms with Crippen molar-refractivity contribution in [1.82, 2.24) is 15.1 Å². The zero-order chi connectivity index (χ0) is 12.4. The fraction of sp³-hybridized carbons (Fsp3) is 0.692. The van der Waals surface area contributed by atoms with Crippen LogP contribution in [0.25, 0.3) is 0 Å². The quantitative estimate of drug-likeness (QED) is 0.844. The van der Waals surface area contributed by atoms with Gasteiger partial charge in [0.2, 0.25) is 0 Å². The zero-order valence-corrected chi connectivity index (χ0v) is 10.6. The molecule has 1 aromatic heterocycles. The highest BCUT2D eigenvalue weighted by Gasteiger charge is 2.17. The second-order valence-corrected chi connectivity index (χ2v) is 5.29. The van der Waals surface area contributed by atoms with Crippen LogP contribution in [0.15, 0.2) is 17.1 Å². The van der Waals surface area contributed by atoms with Crippen LogP contribution in [-0.4, -0.2) is 36.0 Å². The molecule has 3 rings (SSSR count). The molecule has 2 aliphatic heterocycles. The maximum Gasteiger partial charge on any atom is 0.268 e. The molecule has 5 nitrogen and oxygen atoms in total. The second-order valence-electron chi connectivity index (χ2n) is 5.29. The Labute approximate surface area is 107 Å². The molecule has 0 aromatic carbocycles. The van der Waals surface area contributed by atoms with E-state index < -0.39 is 0 Å². The van der Waals surface area contributed by atoms with E-state index in [1.54, 1.807) is 10.7 Å². The summed E-state index contributed by atoms with van der Waals surface area (Å²) in [6.45, 7) is 4.91. The number of anilines is 1. The third-order valence-electron chi connectivity index (χ3n) is 3.92. The van der Waals surface area contributed by atoms with Crippen LogP contribution < -0.4 is 15.8 Å². The van der Waals surface area contributed by atoms with Gasteiger partial charge in [-0.25, -0.2) is 4.68 Å². The predicted octanol–water partition coefficient (Wildman–Crippen LogP) is 0.453. The summed E-state index contributed by atoms with van der Waals surface area (Å²) < 4.78 is 1.61. The lowest BCUT2D eigenvalue weighted by molar-refractivity contribution is 0.433. The molecular formula is C13H20N4O. The van der Waals surface area contributed by atoms with Crippen molar-refractivity contribution in [3.05, 3.63) is 22.6 Å². The van der Waals surface area contributed by atoms with Gasteiger partial charge in [-0.1, -0.05) is 0 Å². The Hall–Kier alpha value is -1.36. The van der Waals surface area contributed by atoms with Crippen LogP contribution in [0.2, 0.25) is 0 Å². The minimum absolute atomic E-state index is 0.0336. The summed E-state index contributed by atoms with van der Waals surface area (Å²) in [5.74, 6) is 0.549. The van der Waals surface area contributed by atoms with E-state index in [0.717, 1.165) is 44.8 Å². The van der Waals surface area contributed by atoms with Crippen LogP contribution in [0.4, 0.5) is 5.69 Å². The standard InChI is InChI=1S/C13H20N4O/c18-13-7-12(16-5-1-2-6-16)9-15-17(13)10-11-3-4-14-8-11/h7,9,11,14H,1-6,8,10H2/t11-/m0/s1. The van der Waals surface area contributed by atoms with Crippen LogP contribution in [0.5, 0.6) is 0 Å². The minimum Gasteiger partial charge on any atom is -0.370 e. The fourth-order valence-corrected chi connectivity index (χ4v) is 2.82. The summed E-state index contributed by atoms with van der Waals surface area (Å²) >= 11 is 0. The molecule has 5 heteroatoms. The Morgan fingerprint density at radius 2 is 2.22 bits per heavy atom. The first-order chi connectivity index (χ1) is 8.83. The summed E-state index contributed by atoms with van der Waals surface area (Å²) in [6, 6.07) is 1.74. The van der Waals surface area contributed by atoms with Gasteiger partial charge >= 0.3 is 0 Å². The molecular weight excluding hydrogens is 228 g/mol. The molecule has 2 aliphatic rings. The molecule has 1 atom stereocenters. The van der Waals surface area contributed by atoms with Gasteiger partial charge in [0.25, 0.3) is 5.56 Å². The molecule has 18 heavy (non-hydrogen) atoms. The van der Waals surface area contributed by atoms with Gasteiger partial charge in [-0.15, -0.1) is 0 Å². The van der Waals surface area contributed by atoms with Crippen LogP contribution in [0, 0.1) is 5.92 Å². The van der Waals surface area contributed by atoms with E-state index >= 15 is 0 Å². The van der Waals surface area contributed by atoms with Crippen molar-refractivity contribution in [2.75, 3.05) is 31.1 Å². The first-order valence-corrected chi connectivity index (χ1v) is 6.86. The smallest absolute Gasteiger partial charge is 0.268 e. The van der Waals surface area contributed by atoms with E-state index in [4.69, 9.17) is 0 Å². The average molecular weight is 248 g/mol. The normalized spacial score (nSPS) is 23.8. The van der Waals surface area contributed by atoms with Crippen molar-refractivity contribution in [3.8, 4) is 0 Å². The molecule has 0 spiro atoms. The zero-order valence-electron chi connectivity index (χ0n) is 10.6. The van der Waals surface area contributed by atoms with Gasteiger partial charge in [0, 0.05) is 25.7 Å². The Bertz CT molecular complexity index is 458. The van der Waals surface area contributed by atoms with Gasteiger partial charge < -0.3 is 10.2 Å². The summed E-state index contributed by atoms with van der Waals surface area (Å²) in [5, 5.41) is 7.64. The lowest BCUT2D eigenvalue weighted by atomic mass is 10.1. The SMILES string of the molecule is O=c1cc(N2CCCC2)cnn1C[C@H]1CCNC1. The molecule has 98 valence electrons. The molecule has 0 aliphatic carbocycles. The largest absolute Gasteiger partial charge is 0.370 e. The van der Waals surface area contributed by atoms with Crippen molar-refractivity contribution < 1.29 is 0 Å². The van der Waals surface area contributed by atoms with Gasteiger partial charge in [0.1, 0.15) is 0 Å². The summed E-state index contributed by atoms with van der Waals surface area (Å²) in [4.78, 5) is 14.3. The highest BCUT2D eigenvalue weighted by Crippen LogP contribution is 2.17. The number of aromatic nitrogens is 2. The van der Waals surface area contributed by atoms with E-state index in [-0.39, 0.29) is 5.56 Å². The van der Waals surface area contributed by atoms with Crippen LogP contribution in [0.3, 0.4) is 0 Å². The lowest BCUT2D eigenvalue weighted by Crippen LogP contribution is -2.29. The molecule has 1 N–H and O–H groups in total. The van der Waals surface area contributed by atoms with Crippen molar-refractivity contribution >= 4 is 5.69 Å². The third kappa shape index (κ3) is 2.41. The van der Waals surface area contributed by atoms with Crippen LogP contribution in [0.1, 0.15) is 19.3 Å². The molecule has 0 amide bonds. The Kier molecular flexibility index (Phi) is 3.32. The number of rotatable bonds is 3. The minimum atomic E-state index is 0.0336. The summed E-state index contributed by atoms with van der Waals surface area (Å²) in [6.07, 6.45) is 5.42. The number of nitrogens with zero attached hydrogens (tertiary/aromatic N) is 3. The number of hydrogen-bond donors (Lipinski definition) is 1. The summed E-state index contributed by atoms with van der Waals surface area (Å²) in [5.41, 5.74) is 1.02. The van der Waals surface area contributed by atoms with Crippen molar-refractivity contribution in [2.24, 2.45) is 5.92 Å². The maximum absolute atomic E-state index is 12.0. The predicted molar refractivity (Wildman–Crippen MR) is 70.9 cm³/mol. The highest BCUT2D eigenvalue weighted by molar-refractivity contribution is 5.43. The van der Waals surface area contributed by atoms with Gasteiger partial charge in [-0.3, -0.25) is 4.79 Å². The van der Waals surface area contributed by atoms with E-state index in [2.05, 4.69) is 15.3 Å². The molecule has 0 radical (unpaired) electrons. The molecule has 2 fully saturated rings. The molecule has 2 saturated heterocycles. The molecule has 0 bridgehead atoms. The van der Waals surface area contributed by atoms with E-state index in [1.807, 2.05) is 6.20 Å². The summed E-state index contributed by atoms with van der Waals surface area (Å²) in [7, 11) is 0. The number of nitrogens with one attached hydrogen (secondary N) is 1. The van der Waals surface area contributed by atoms with Gasteiger partial charge in [0.15, 0.2) is 0 Å². The maximum atomic E-state index is 12.0. The first kappa shape index (κ1) is 11.7. The van der Waals surface area contributed by atoms with Crippen LogP contribution in [-0.2, 0) is 6.54 Å². The Morgan fingerprint density at radius 1 is 1.39 bits per heavy atom. The van der Waals surface area contributed by atoms with Gasteiger partial charge in [0.05, 0.1) is 11.9 Å². The monoisotopic (exact) mass is 248 g/mol. The van der Waals surface area contributed by atoms with Gasteiger partial charge in [-0.2, -0.15) is 5.10 Å². The Balaban J connectivity index is 1.73. The van der Waals surface area contributed by atoms with E-state index in [1.165, 1.54) is 12.8 Å². The van der Waals surface area contributed by atoms with E-state index in [0.29, 0.717) is 5.92 Å². The molecule has 1 aromatic rings. The molecule has 0 unspecified atom stereocenters. The van der Waals surface area contributed by atoms with Crippen molar-refractivity contribution in [3.63, 3.8) is 0 Å². The number of hydrogen-bond acceptors (Lipinski definition) is 4. The fourth-order valence-electron chi connectivity index (χ4n) is 2.82. The molecule has 0 saturated carbocycles. The van der Waals surface area contributed by atoms with Crippen molar-refractivity contribution in [1.29, 1.82) is 0 Å².